The second kappa shape index (κ2) is 7.51. The molecule has 3 aromatic rings. The van der Waals surface area contributed by atoms with Gasteiger partial charge in [0.1, 0.15) is 36.1 Å². The number of methoxy groups -OCH3 is 1. The Morgan fingerprint density at radius 2 is 2.00 bits per heavy atom. The molecule has 0 saturated carbocycles. The van der Waals surface area contributed by atoms with E-state index in [-0.39, 0.29) is 12.4 Å². The molecule has 0 amide bonds. The van der Waals surface area contributed by atoms with Crippen LogP contribution in [0.25, 0.3) is 10.2 Å². The lowest BCUT2D eigenvalue weighted by atomic mass is 9.97. The Balaban J connectivity index is 1.58. The SMILES string of the molecule is COC(=O)Cc1nc(Nc2ccc3c(c2)OCCO3)c2c3c(sc2n1)CCCC3. The van der Waals surface area contributed by atoms with Crippen molar-refractivity contribution < 1.29 is 19.0 Å². The average molecular weight is 411 g/mol. The molecule has 3 heterocycles. The van der Waals surface area contributed by atoms with Crippen molar-refractivity contribution in [3.63, 3.8) is 0 Å². The fourth-order valence-electron chi connectivity index (χ4n) is 3.83. The molecule has 2 aliphatic rings. The molecule has 1 aromatic carbocycles. The van der Waals surface area contributed by atoms with Gasteiger partial charge in [-0.3, -0.25) is 4.79 Å². The molecule has 0 atom stereocenters. The molecule has 0 fully saturated rings. The highest BCUT2D eigenvalue weighted by Crippen LogP contribution is 2.40. The van der Waals surface area contributed by atoms with E-state index < -0.39 is 0 Å². The second-order valence-electron chi connectivity index (χ2n) is 7.12. The number of benzene rings is 1. The number of hydrogen-bond donors (Lipinski definition) is 1. The van der Waals surface area contributed by atoms with Crippen molar-refractivity contribution in [1.29, 1.82) is 0 Å². The molecular formula is C21H21N3O4S. The van der Waals surface area contributed by atoms with E-state index in [2.05, 4.69) is 15.3 Å². The summed E-state index contributed by atoms with van der Waals surface area (Å²) in [6.45, 7) is 1.10. The quantitative estimate of drug-likeness (QED) is 0.654. The van der Waals surface area contributed by atoms with Crippen LogP contribution in [0.5, 0.6) is 11.5 Å². The van der Waals surface area contributed by atoms with Gasteiger partial charge in [-0.25, -0.2) is 9.97 Å². The number of fused-ring (bicyclic) bond motifs is 4. The Morgan fingerprint density at radius 3 is 2.86 bits per heavy atom. The Morgan fingerprint density at radius 1 is 1.17 bits per heavy atom. The number of thiophene rings is 1. The van der Waals surface area contributed by atoms with E-state index in [9.17, 15) is 4.79 Å². The van der Waals surface area contributed by atoms with E-state index in [1.54, 1.807) is 11.3 Å². The zero-order valence-electron chi connectivity index (χ0n) is 16.1. The predicted molar refractivity (Wildman–Crippen MR) is 110 cm³/mol. The van der Waals surface area contributed by atoms with Crippen LogP contribution in [-0.2, 0) is 28.8 Å². The van der Waals surface area contributed by atoms with Crippen LogP contribution in [0.15, 0.2) is 18.2 Å². The largest absolute Gasteiger partial charge is 0.486 e. The van der Waals surface area contributed by atoms with Crippen molar-refractivity contribution in [2.24, 2.45) is 0 Å². The molecule has 1 N–H and O–H groups in total. The van der Waals surface area contributed by atoms with Crippen LogP contribution in [0.1, 0.15) is 29.1 Å². The number of aryl methyl sites for hydroxylation is 2. The number of aromatic nitrogens is 2. The number of nitrogens with one attached hydrogen (secondary N) is 1. The van der Waals surface area contributed by atoms with Crippen LogP contribution in [0.2, 0.25) is 0 Å². The Hall–Kier alpha value is -2.87. The summed E-state index contributed by atoms with van der Waals surface area (Å²) in [4.78, 5) is 23.4. The third-order valence-corrected chi connectivity index (χ3v) is 6.38. The number of nitrogens with zero attached hydrogens (tertiary/aromatic N) is 2. The predicted octanol–water partition coefficient (Wildman–Crippen LogP) is 3.80. The van der Waals surface area contributed by atoms with Gasteiger partial charge in [0.25, 0.3) is 0 Å². The minimum atomic E-state index is -0.351. The fourth-order valence-corrected chi connectivity index (χ4v) is 5.11. The minimum Gasteiger partial charge on any atom is -0.486 e. The highest BCUT2D eigenvalue weighted by atomic mass is 32.1. The third kappa shape index (κ3) is 3.48. The normalized spacial score (nSPS) is 15.1. The summed E-state index contributed by atoms with van der Waals surface area (Å²) in [5.41, 5.74) is 2.19. The van der Waals surface area contributed by atoms with Crippen LogP contribution in [0.3, 0.4) is 0 Å². The lowest BCUT2D eigenvalue weighted by Crippen LogP contribution is -2.15. The van der Waals surface area contributed by atoms with Crippen molar-refractivity contribution in [3.8, 4) is 11.5 Å². The average Bonchev–Trinajstić information content (AvgIpc) is 3.12. The summed E-state index contributed by atoms with van der Waals surface area (Å²) < 4.78 is 16.1. The first-order valence-electron chi connectivity index (χ1n) is 9.76. The van der Waals surface area contributed by atoms with Gasteiger partial charge >= 0.3 is 5.97 Å². The number of anilines is 2. The number of carbonyl (C=O) groups excluding carboxylic acids is 1. The van der Waals surface area contributed by atoms with Gasteiger partial charge in [0.15, 0.2) is 11.5 Å². The lowest BCUT2D eigenvalue weighted by Gasteiger charge is -2.19. The lowest BCUT2D eigenvalue weighted by molar-refractivity contribution is -0.139. The topological polar surface area (TPSA) is 82.6 Å². The smallest absolute Gasteiger partial charge is 0.313 e. The molecule has 29 heavy (non-hydrogen) atoms. The minimum absolute atomic E-state index is 0.0465. The van der Waals surface area contributed by atoms with Gasteiger partial charge in [-0.1, -0.05) is 0 Å². The van der Waals surface area contributed by atoms with E-state index in [0.717, 1.165) is 40.3 Å². The van der Waals surface area contributed by atoms with Gasteiger partial charge in [-0.2, -0.15) is 0 Å². The van der Waals surface area contributed by atoms with Gasteiger partial charge in [0.2, 0.25) is 0 Å². The van der Waals surface area contributed by atoms with Crippen molar-refractivity contribution in [2.45, 2.75) is 32.1 Å². The Bertz CT molecular complexity index is 1100. The molecule has 2 aromatic heterocycles. The second-order valence-corrected chi connectivity index (χ2v) is 8.20. The summed E-state index contributed by atoms with van der Waals surface area (Å²) in [6.07, 6.45) is 4.53. The first-order valence-corrected chi connectivity index (χ1v) is 10.6. The zero-order valence-corrected chi connectivity index (χ0v) is 16.9. The summed E-state index contributed by atoms with van der Waals surface area (Å²) in [6, 6.07) is 5.76. The summed E-state index contributed by atoms with van der Waals surface area (Å²) in [7, 11) is 1.37. The molecule has 1 aliphatic heterocycles. The summed E-state index contributed by atoms with van der Waals surface area (Å²) in [5.74, 6) is 2.30. The molecule has 5 rings (SSSR count). The third-order valence-electron chi connectivity index (χ3n) is 5.20. The molecular weight excluding hydrogens is 390 g/mol. The molecule has 8 heteroatoms. The van der Waals surface area contributed by atoms with Crippen LogP contribution < -0.4 is 14.8 Å². The van der Waals surface area contributed by atoms with Gasteiger partial charge in [-0.05, 0) is 43.4 Å². The van der Waals surface area contributed by atoms with E-state index in [0.29, 0.717) is 24.8 Å². The van der Waals surface area contributed by atoms with Gasteiger partial charge in [0.05, 0.1) is 12.5 Å². The number of hydrogen-bond acceptors (Lipinski definition) is 8. The molecule has 0 saturated heterocycles. The van der Waals surface area contributed by atoms with E-state index in [1.807, 2.05) is 18.2 Å². The van der Waals surface area contributed by atoms with E-state index >= 15 is 0 Å². The standard InChI is InChI=1S/C21H21N3O4S/c1-26-18(25)11-17-23-20(19-13-4-2-3-5-16(13)29-21(19)24-17)22-12-6-7-14-15(10-12)28-9-8-27-14/h6-7,10H,2-5,8-9,11H2,1H3,(H,22,23,24). The Labute approximate surface area is 172 Å². The van der Waals surface area contributed by atoms with Gasteiger partial charge in [-0.15, -0.1) is 11.3 Å². The van der Waals surface area contributed by atoms with Crippen LogP contribution in [0.4, 0.5) is 11.5 Å². The summed E-state index contributed by atoms with van der Waals surface area (Å²) >= 11 is 1.71. The van der Waals surface area contributed by atoms with Gasteiger partial charge in [0, 0.05) is 16.6 Å². The maximum atomic E-state index is 11.8. The molecule has 0 radical (unpaired) electrons. The van der Waals surface area contributed by atoms with Crippen molar-refractivity contribution in [2.75, 3.05) is 25.6 Å². The van der Waals surface area contributed by atoms with Crippen molar-refractivity contribution in [1.82, 2.24) is 9.97 Å². The zero-order chi connectivity index (χ0) is 19.8. The molecule has 0 bridgehead atoms. The molecule has 0 spiro atoms. The first kappa shape index (κ1) is 18.2. The van der Waals surface area contributed by atoms with Gasteiger partial charge < -0.3 is 19.5 Å². The maximum absolute atomic E-state index is 11.8. The van der Waals surface area contributed by atoms with E-state index in [1.165, 1.54) is 30.4 Å². The first-order chi connectivity index (χ1) is 14.2. The number of ether oxygens (including phenoxy) is 3. The number of rotatable bonds is 4. The van der Waals surface area contributed by atoms with Crippen molar-refractivity contribution in [3.05, 3.63) is 34.5 Å². The highest BCUT2D eigenvalue weighted by Gasteiger charge is 2.22. The number of esters is 1. The Kier molecular flexibility index (Phi) is 4.71. The monoisotopic (exact) mass is 411 g/mol. The molecule has 150 valence electrons. The van der Waals surface area contributed by atoms with Crippen LogP contribution >= 0.6 is 11.3 Å². The molecule has 7 nitrogen and oxygen atoms in total. The highest BCUT2D eigenvalue weighted by molar-refractivity contribution is 7.19. The maximum Gasteiger partial charge on any atom is 0.313 e. The molecule has 1 aliphatic carbocycles. The van der Waals surface area contributed by atoms with Crippen LogP contribution in [-0.4, -0.2) is 36.3 Å². The summed E-state index contributed by atoms with van der Waals surface area (Å²) in [5, 5.41) is 4.50. The number of carbonyl (C=O) groups is 1. The van der Waals surface area contributed by atoms with E-state index in [4.69, 9.17) is 14.2 Å². The fraction of sp³-hybridized carbons (Fsp3) is 0.381. The molecule has 0 unspecified atom stereocenters. The van der Waals surface area contributed by atoms with Crippen molar-refractivity contribution >= 4 is 39.0 Å². The van der Waals surface area contributed by atoms with Crippen LogP contribution in [0, 0.1) is 0 Å².